The number of thiophene rings is 1. The molecule has 3 heterocycles. The third-order valence-corrected chi connectivity index (χ3v) is 6.99. The van der Waals surface area contributed by atoms with E-state index in [1.807, 2.05) is 36.4 Å². The van der Waals surface area contributed by atoms with E-state index in [-0.39, 0.29) is 31.0 Å². The molecule has 0 saturated heterocycles. The molecule has 0 aliphatic carbocycles. The summed E-state index contributed by atoms with van der Waals surface area (Å²) in [6.07, 6.45) is 1.64. The topological polar surface area (TPSA) is 102 Å². The van der Waals surface area contributed by atoms with Crippen molar-refractivity contribution in [3.8, 4) is 10.4 Å². The first kappa shape index (κ1) is 22.8. The van der Waals surface area contributed by atoms with Crippen molar-refractivity contribution in [3.05, 3.63) is 70.7 Å². The van der Waals surface area contributed by atoms with Gasteiger partial charge in [0.1, 0.15) is 4.83 Å². The number of fused-ring (bicyclic) bond motifs is 1. The summed E-state index contributed by atoms with van der Waals surface area (Å²) in [6, 6.07) is 11.3. The molecule has 2 aromatic heterocycles. The molecule has 170 valence electrons. The van der Waals surface area contributed by atoms with Crippen molar-refractivity contribution in [1.82, 2.24) is 20.2 Å². The molecule has 0 bridgehead atoms. The number of nitrogens with one attached hydrogen (secondary N) is 2. The SMILES string of the molecule is C=CCn1c(SCC2=C(C(=O)OCC)CNC(=O)N2)nc2sc(-c3ccccc3)cc2c1=O. The lowest BCUT2D eigenvalue weighted by molar-refractivity contribution is -0.138. The van der Waals surface area contributed by atoms with Gasteiger partial charge in [-0.25, -0.2) is 14.6 Å². The second-order valence-electron chi connectivity index (χ2n) is 7.07. The number of amides is 2. The van der Waals surface area contributed by atoms with Crippen LogP contribution in [0.3, 0.4) is 0 Å². The first-order valence-electron chi connectivity index (χ1n) is 10.3. The molecular formula is C23H22N4O4S2. The number of aromatic nitrogens is 2. The van der Waals surface area contributed by atoms with Gasteiger partial charge in [-0.05, 0) is 18.6 Å². The van der Waals surface area contributed by atoms with Crippen LogP contribution in [0.25, 0.3) is 20.7 Å². The zero-order chi connectivity index (χ0) is 23.4. The van der Waals surface area contributed by atoms with E-state index in [4.69, 9.17) is 9.72 Å². The number of allylic oxidation sites excluding steroid dienone is 1. The van der Waals surface area contributed by atoms with Crippen molar-refractivity contribution in [2.75, 3.05) is 18.9 Å². The van der Waals surface area contributed by atoms with Gasteiger partial charge >= 0.3 is 12.0 Å². The van der Waals surface area contributed by atoms with E-state index in [1.54, 1.807) is 17.6 Å². The summed E-state index contributed by atoms with van der Waals surface area (Å²) < 4.78 is 6.65. The molecule has 33 heavy (non-hydrogen) atoms. The smallest absolute Gasteiger partial charge is 0.337 e. The average Bonchev–Trinajstić information content (AvgIpc) is 3.25. The second-order valence-corrected chi connectivity index (χ2v) is 9.04. The molecule has 8 nitrogen and oxygen atoms in total. The lowest BCUT2D eigenvalue weighted by Gasteiger charge is -2.21. The van der Waals surface area contributed by atoms with Crippen molar-refractivity contribution in [2.24, 2.45) is 0 Å². The number of benzene rings is 1. The zero-order valence-electron chi connectivity index (χ0n) is 17.9. The van der Waals surface area contributed by atoms with Gasteiger partial charge in [0.25, 0.3) is 5.56 Å². The van der Waals surface area contributed by atoms with E-state index in [0.717, 1.165) is 10.4 Å². The van der Waals surface area contributed by atoms with E-state index in [1.165, 1.54) is 23.1 Å². The Balaban J connectivity index is 1.71. The minimum absolute atomic E-state index is 0.0812. The van der Waals surface area contributed by atoms with Crippen LogP contribution in [0, 0.1) is 0 Å². The normalized spacial score (nSPS) is 13.5. The van der Waals surface area contributed by atoms with Crippen LogP contribution < -0.4 is 16.2 Å². The van der Waals surface area contributed by atoms with Gasteiger partial charge in [-0.1, -0.05) is 48.2 Å². The fourth-order valence-electron chi connectivity index (χ4n) is 3.35. The summed E-state index contributed by atoms with van der Waals surface area (Å²) in [5, 5.41) is 6.29. The molecule has 2 amide bonds. The number of urea groups is 1. The van der Waals surface area contributed by atoms with Crippen LogP contribution in [0.5, 0.6) is 0 Å². The van der Waals surface area contributed by atoms with E-state index in [2.05, 4.69) is 17.2 Å². The Hall–Kier alpha value is -3.37. The highest BCUT2D eigenvalue weighted by atomic mass is 32.2. The van der Waals surface area contributed by atoms with Crippen LogP contribution in [-0.2, 0) is 16.1 Å². The number of carbonyl (C=O) groups is 2. The maximum Gasteiger partial charge on any atom is 0.337 e. The molecule has 0 unspecified atom stereocenters. The molecule has 1 aromatic carbocycles. The van der Waals surface area contributed by atoms with Crippen molar-refractivity contribution in [3.63, 3.8) is 0 Å². The van der Waals surface area contributed by atoms with Gasteiger partial charge in [0.2, 0.25) is 0 Å². The molecular weight excluding hydrogens is 460 g/mol. The van der Waals surface area contributed by atoms with Crippen LogP contribution in [0.2, 0.25) is 0 Å². The number of rotatable bonds is 8. The van der Waals surface area contributed by atoms with Gasteiger partial charge in [0, 0.05) is 22.9 Å². The number of hydrogen-bond donors (Lipinski definition) is 2. The van der Waals surface area contributed by atoms with Gasteiger partial charge in [-0.2, -0.15) is 0 Å². The summed E-state index contributed by atoms with van der Waals surface area (Å²) in [5.74, 6) is -0.244. The van der Waals surface area contributed by atoms with E-state index >= 15 is 0 Å². The Bertz CT molecular complexity index is 1310. The Kier molecular flexibility index (Phi) is 6.95. The fourth-order valence-corrected chi connectivity index (χ4v) is 5.42. The summed E-state index contributed by atoms with van der Waals surface area (Å²) in [4.78, 5) is 43.7. The first-order valence-corrected chi connectivity index (χ1v) is 12.1. The summed E-state index contributed by atoms with van der Waals surface area (Å²) in [5.41, 5.74) is 1.66. The molecule has 0 saturated carbocycles. The van der Waals surface area contributed by atoms with Crippen LogP contribution in [-0.4, -0.2) is 40.5 Å². The lowest BCUT2D eigenvalue weighted by atomic mass is 10.2. The summed E-state index contributed by atoms with van der Waals surface area (Å²) in [7, 11) is 0. The van der Waals surface area contributed by atoms with Crippen LogP contribution >= 0.6 is 23.1 Å². The number of carbonyl (C=O) groups excluding carboxylic acids is 2. The quantitative estimate of drug-likeness (QED) is 0.220. The zero-order valence-corrected chi connectivity index (χ0v) is 19.6. The summed E-state index contributed by atoms with van der Waals surface area (Å²) in [6.45, 7) is 6.08. The second kappa shape index (κ2) is 10.1. The minimum Gasteiger partial charge on any atom is -0.463 e. The fraction of sp³-hybridized carbons (Fsp3) is 0.217. The highest BCUT2D eigenvalue weighted by Crippen LogP contribution is 2.32. The van der Waals surface area contributed by atoms with Gasteiger partial charge in [-0.3, -0.25) is 9.36 Å². The molecule has 0 atom stereocenters. The number of hydrogen-bond acceptors (Lipinski definition) is 7. The molecule has 4 rings (SSSR count). The highest BCUT2D eigenvalue weighted by Gasteiger charge is 2.24. The van der Waals surface area contributed by atoms with Crippen molar-refractivity contribution in [1.29, 1.82) is 0 Å². The molecule has 0 radical (unpaired) electrons. The molecule has 1 aliphatic rings. The molecule has 0 spiro atoms. The van der Waals surface area contributed by atoms with Crippen molar-refractivity contribution in [2.45, 2.75) is 18.6 Å². The van der Waals surface area contributed by atoms with Crippen LogP contribution in [0.15, 0.2) is 70.3 Å². The average molecular weight is 483 g/mol. The number of ether oxygens (including phenoxy) is 1. The number of esters is 1. The van der Waals surface area contributed by atoms with E-state index in [0.29, 0.717) is 26.6 Å². The Morgan fingerprint density at radius 3 is 2.85 bits per heavy atom. The third-order valence-electron chi connectivity index (χ3n) is 4.91. The Morgan fingerprint density at radius 2 is 2.12 bits per heavy atom. The molecule has 10 heteroatoms. The molecule has 0 fully saturated rings. The number of thioether (sulfide) groups is 1. The third kappa shape index (κ3) is 4.86. The van der Waals surface area contributed by atoms with E-state index in [9.17, 15) is 14.4 Å². The molecule has 1 aliphatic heterocycles. The monoisotopic (exact) mass is 482 g/mol. The van der Waals surface area contributed by atoms with Gasteiger partial charge in [0.05, 0.1) is 24.1 Å². The summed E-state index contributed by atoms with van der Waals surface area (Å²) >= 11 is 2.72. The van der Waals surface area contributed by atoms with Gasteiger partial charge in [-0.15, -0.1) is 17.9 Å². The molecule has 2 N–H and O–H groups in total. The predicted molar refractivity (Wildman–Crippen MR) is 130 cm³/mol. The number of nitrogens with zero attached hydrogens (tertiary/aromatic N) is 2. The van der Waals surface area contributed by atoms with E-state index < -0.39 is 12.0 Å². The first-order chi connectivity index (χ1) is 16.0. The Morgan fingerprint density at radius 1 is 1.33 bits per heavy atom. The van der Waals surface area contributed by atoms with Crippen molar-refractivity contribution < 1.29 is 14.3 Å². The maximum absolute atomic E-state index is 13.2. The van der Waals surface area contributed by atoms with Gasteiger partial charge in [0.15, 0.2) is 5.16 Å². The van der Waals surface area contributed by atoms with Gasteiger partial charge < -0.3 is 15.4 Å². The molecule has 3 aromatic rings. The maximum atomic E-state index is 13.2. The van der Waals surface area contributed by atoms with Crippen LogP contribution in [0.4, 0.5) is 4.79 Å². The largest absolute Gasteiger partial charge is 0.463 e. The highest BCUT2D eigenvalue weighted by molar-refractivity contribution is 7.99. The lowest BCUT2D eigenvalue weighted by Crippen LogP contribution is -2.44. The predicted octanol–water partition coefficient (Wildman–Crippen LogP) is 3.53. The van der Waals surface area contributed by atoms with Crippen molar-refractivity contribution >= 4 is 45.3 Å². The standard InChI is InChI=1S/C23H22N4O4S2/c1-3-10-27-20(28)15-11-18(14-8-6-5-7-9-14)33-19(15)26-23(27)32-13-17-16(21(29)31-4-2)12-24-22(30)25-17/h3,5-9,11H,1,4,10,12-13H2,2H3,(H2,24,25,30). The minimum atomic E-state index is -0.488. The Labute approximate surface area is 198 Å². The van der Waals surface area contributed by atoms with Crippen LogP contribution in [0.1, 0.15) is 6.92 Å².